The van der Waals surface area contributed by atoms with Crippen LogP contribution in [0.4, 0.5) is 4.79 Å². The minimum absolute atomic E-state index is 0.291. The second-order valence-electron chi connectivity index (χ2n) is 6.52. The summed E-state index contributed by atoms with van der Waals surface area (Å²) < 4.78 is 6.98. The minimum atomic E-state index is -0.486. The summed E-state index contributed by atoms with van der Waals surface area (Å²) in [5.41, 5.74) is 1.36. The number of rotatable bonds is 2. The Kier molecular flexibility index (Phi) is 4.28. The van der Waals surface area contributed by atoms with Crippen LogP contribution in [0.5, 0.6) is 0 Å². The monoisotopic (exact) mass is 328 g/mol. The van der Waals surface area contributed by atoms with E-state index in [0.29, 0.717) is 25.3 Å². The molecule has 0 saturated carbocycles. The third-order valence-electron chi connectivity index (χ3n) is 3.47. The molecule has 0 atom stereocenters. The van der Waals surface area contributed by atoms with Crippen LogP contribution < -0.4 is 0 Å². The van der Waals surface area contributed by atoms with Crippen molar-refractivity contribution in [2.45, 2.75) is 32.8 Å². The molecule has 0 N–H and O–H groups in total. The molecule has 0 aromatic carbocycles. The van der Waals surface area contributed by atoms with Crippen LogP contribution in [0.1, 0.15) is 32.9 Å². The zero-order valence-corrected chi connectivity index (χ0v) is 14.0. The van der Waals surface area contributed by atoms with Gasteiger partial charge in [0.1, 0.15) is 11.3 Å². The first-order valence-electron chi connectivity index (χ1n) is 7.78. The van der Waals surface area contributed by atoms with Gasteiger partial charge in [-0.25, -0.2) is 14.5 Å². The normalized spacial score (nSPS) is 15.1. The SMILES string of the molecule is CC(C)(C)OC(=O)N1CC=C(c2cn(-c3cnccn3)nn2)CC1. The average Bonchev–Trinajstić information content (AvgIpc) is 3.04. The molecule has 0 unspecified atom stereocenters. The Morgan fingerprint density at radius 2 is 2.12 bits per heavy atom. The van der Waals surface area contributed by atoms with E-state index >= 15 is 0 Å². The first-order chi connectivity index (χ1) is 11.4. The van der Waals surface area contributed by atoms with Crippen LogP contribution in [-0.2, 0) is 4.74 Å². The Morgan fingerprint density at radius 1 is 1.29 bits per heavy atom. The average molecular weight is 328 g/mol. The van der Waals surface area contributed by atoms with Crippen molar-refractivity contribution in [3.05, 3.63) is 36.6 Å². The largest absolute Gasteiger partial charge is 0.444 e. The van der Waals surface area contributed by atoms with E-state index < -0.39 is 5.60 Å². The lowest BCUT2D eigenvalue weighted by Gasteiger charge is -2.29. The topological polar surface area (TPSA) is 86.0 Å². The van der Waals surface area contributed by atoms with Gasteiger partial charge in [0.2, 0.25) is 0 Å². The Bertz CT molecular complexity index is 747. The van der Waals surface area contributed by atoms with E-state index in [1.165, 1.54) is 0 Å². The van der Waals surface area contributed by atoms with Gasteiger partial charge in [-0.2, -0.15) is 0 Å². The first kappa shape index (κ1) is 16.1. The molecule has 1 amide bonds. The highest BCUT2D eigenvalue weighted by Crippen LogP contribution is 2.22. The van der Waals surface area contributed by atoms with E-state index in [9.17, 15) is 4.79 Å². The molecular weight excluding hydrogens is 308 g/mol. The number of hydrogen-bond acceptors (Lipinski definition) is 6. The lowest BCUT2D eigenvalue weighted by atomic mass is 10.1. The Balaban J connectivity index is 1.68. The molecule has 0 saturated heterocycles. The van der Waals surface area contributed by atoms with E-state index in [-0.39, 0.29) is 6.09 Å². The van der Waals surface area contributed by atoms with Gasteiger partial charge in [-0.15, -0.1) is 5.10 Å². The van der Waals surface area contributed by atoms with Gasteiger partial charge < -0.3 is 9.64 Å². The number of nitrogens with zero attached hydrogens (tertiary/aromatic N) is 6. The van der Waals surface area contributed by atoms with E-state index in [2.05, 4.69) is 20.3 Å². The van der Waals surface area contributed by atoms with Crippen LogP contribution >= 0.6 is 0 Å². The van der Waals surface area contributed by atoms with Gasteiger partial charge in [0.25, 0.3) is 0 Å². The Morgan fingerprint density at radius 3 is 2.75 bits per heavy atom. The van der Waals surface area contributed by atoms with Gasteiger partial charge in [-0.05, 0) is 32.8 Å². The smallest absolute Gasteiger partial charge is 0.410 e. The standard InChI is InChI=1S/C16H20N6O2/c1-16(2,3)24-15(23)21-8-4-12(5-9-21)13-11-22(20-19-13)14-10-17-6-7-18-14/h4,6-7,10-11H,5,8-9H2,1-3H3. The third-order valence-corrected chi connectivity index (χ3v) is 3.47. The van der Waals surface area contributed by atoms with Crippen molar-refractivity contribution in [1.29, 1.82) is 0 Å². The predicted molar refractivity (Wildman–Crippen MR) is 87.4 cm³/mol. The molecule has 0 fully saturated rings. The molecule has 0 radical (unpaired) electrons. The van der Waals surface area contributed by atoms with Crippen LogP contribution in [0, 0.1) is 0 Å². The zero-order chi connectivity index (χ0) is 17.2. The van der Waals surface area contributed by atoms with Gasteiger partial charge in [0.05, 0.1) is 12.4 Å². The molecular formula is C16H20N6O2. The molecule has 3 rings (SSSR count). The van der Waals surface area contributed by atoms with E-state index in [1.54, 1.807) is 28.2 Å². The second-order valence-corrected chi connectivity index (χ2v) is 6.52. The number of carbonyl (C=O) groups excluding carboxylic acids is 1. The molecule has 1 aliphatic heterocycles. The minimum Gasteiger partial charge on any atom is -0.444 e. The summed E-state index contributed by atoms with van der Waals surface area (Å²) in [6.07, 6.45) is 9.06. The predicted octanol–water partition coefficient (Wildman–Crippen LogP) is 2.08. The highest BCUT2D eigenvalue weighted by Gasteiger charge is 2.24. The highest BCUT2D eigenvalue weighted by molar-refractivity contribution is 5.71. The molecule has 2 aromatic rings. The number of hydrogen-bond donors (Lipinski definition) is 0. The maximum atomic E-state index is 12.1. The Hall–Kier alpha value is -2.77. The molecule has 1 aliphatic rings. The summed E-state index contributed by atoms with van der Waals surface area (Å²) >= 11 is 0. The van der Waals surface area contributed by atoms with E-state index in [1.807, 2.05) is 33.0 Å². The van der Waals surface area contributed by atoms with Crippen molar-refractivity contribution in [3.63, 3.8) is 0 Å². The fourth-order valence-corrected chi connectivity index (χ4v) is 2.33. The second kappa shape index (κ2) is 6.38. The summed E-state index contributed by atoms with van der Waals surface area (Å²) in [6, 6.07) is 0. The Labute approximate surface area is 140 Å². The number of aromatic nitrogens is 5. The van der Waals surface area contributed by atoms with Gasteiger partial charge >= 0.3 is 6.09 Å². The van der Waals surface area contributed by atoms with Crippen molar-refractivity contribution < 1.29 is 9.53 Å². The van der Waals surface area contributed by atoms with E-state index in [4.69, 9.17) is 4.74 Å². The number of amides is 1. The van der Waals surface area contributed by atoms with Crippen LogP contribution in [0.15, 0.2) is 30.9 Å². The molecule has 2 aromatic heterocycles. The summed E-state index contributed by atoms with van der Waals surface area (Å²) in [4.78, 5) is 22.0. The molecule has 0 aliphatic carbocycles. The van der Waals surface area contributed by atoms with Crippen LogP contribution in [-0.4, -0.2) is 54.6 Å². The number of carbonyl (C=O) groups is 1. The van der Waals surface area contributed by atoms with Crippen molar-refractivity contribution in [2.75, 3.05) is 13.1 Å². The van der Waals surface area contributed by atoms with Gasteiger partial charge in [0, 0.05) is 25.5 Å². The fraction of sp³-hybridized carbons (Fsp3) is 0.438. The van der Waals surface area contributed by atoms with E-state index in [0.717, 1.165) is 11.3 Å². The zero-order valence-electron chi connectivity index (χ0n) is 14.0. The third kappa shape index (κ3) is 3.76. The van der Waals surface area contributed by atoms with Crippen LogP contribution in [0.25, 0.3) is 11.4 Å². The summed E-state index contributed by atoms with van der Waals surface area (Å²) in [5, 5.41) is 8.27. The maximum absolute atomic E-state index is 12.1. The van der Waals surface area contributed by atoms with Crippen molar-refractivity contribution >= 4 is 11.7 Å². The molecule has 0 bridgehead atoms. The maximum Gasteiger partial charge on any atom is 0.410 e. The lowest BCUT2D eigenvalue weighted by molar-refractivity contribution is 0.0270. The lowest BCUT2D eigenvalue weighted by Crippen LogP contribution is -2.39. The van der Waals surface area contributed by atoms with Gasteiger partial charge in [0.15, 0.2) is 5.82 Å². The van der Waals surface area contributed by atoms with Crippen molar-refractivity contribution in [1.82, 2.24) is 29.9 Å². The summed E-state index contributed by atoms with van der Waals surface area (Å²) in [5.74, 6) is 0.614. The quantitative estimate of drug-likeness (QED) is 0.839. The first-order valence-corrected chi connectivity index (χ1v) is 7.78. The van der Waals surface area contributed by atoms with Crippen molar-refractivity contribution in [3.8, 4) is 5.82 Å². The molecule has 24 heavy (non-hydrogen) atoms. The molecule has 8 nitrogen and oxygen atoms in total. The van der Waals surface area contributed by atoms with Gasteiger partial charge in [-0.3, -0.25) is 4.98 Å². The summed E-state index contributed by atoms with van der Waals surface area (Å²) in [7, 11) is 0. The molecule has 3 heterocycles. The number of ether oxygens (including phenoxy) is 1. The fourth-order valence-electron chi connectivity index (χ4n) is 2.33. The molecule has 8 heteroatoms. The van der Waals surface area contributed by atoms with Gasteiger partial charge in [-0.1, -0.05) is 11.3 Å². The van der Waals surface area contributed by atoms with Crippen LogP contribution in [0.2, 0.25) is 0 Å². The van der Waals surface area contributed by atoms with Crippen molar-refractivity contribution in [2.24, 2.45) is 0 Å². The highest BCUT2D eigenvalue weighted by atomic mass is 16.6. The summed E-state index contributed by atoms with van der Waals surface area (Å²) in [6.45, 7) is 6.68. The molecule has 0 spiro atoms. The van der Waals surface area contributed by atoms with Crippen LogP contribution in [0.3, 0.4) is 0 Å². The molecule has 126 valence electrons.